The molecule has 6 heteroatoms. The van der Waals surface area contributed by atoms with Crippen LogP contribution in [0.15, 0.2) is 18.2 Å². The second kappa shape index (κ2) is 6.14. The fraction of sp³-hybridized carbons (Fsp3) is 0.538. The Balaban J connectivity index is 2.70. The third-order valence-electron chi connectivity index (χ3n) is 2.79. The van der Waals surface area contributed by atoms with E-state index in [-0.39, 0.29) is 11.7 Å². The van der Waals surface area contributed by atoms with E-state index >= 15 is 0 Å². The van der Waals surface area contributed by atoms with Gasteiger partial charge in [0.2, 0.25) is 0 Å². The van der Waals surface area contributed by atoms with Crippen LogP contribution in [0.4, 0.5) is 24.5 Å². The van der Waals surface area contributed by atoms with Gasteiger partial charge in [-0.25, -0.2) is 0 Å². The second-order valence-electron chi connectivity index (χ2n) is 4.94. The van der Waals surface area contributed by atoms with Gasteiger partial charge in [0.15, 0.2) is 0 Å². The molecule has 0 aliphatic carbocycles. The van der Waals surface area contributed by atoms with Crippen molar-refractivity contribution in [3.63, 3.8) is 0 Å². The van der Waals surface area contributed by atoms with Crippen LogP contribution in [-0.2, 0) is 6.18 Å². The molecule has 1 atom stereocenters. The lowest BCUT2D eigenvalue weighted by atomic mass is 10.1. The van der Waals surface area contributed by atoms with Gasteiger partial charge in [-0.3, -0.25) is 0 Å². The Kier molecular flexibility index (Phi) is 5.05. The minimum absolute atomic E-state index is 0.117. The summed E-state index contributed by atoms with van der Waals surface area (Å²) >= 11 is 0. The number of alkyl halides is 3. The van der Waals surface area contributed by atoms with Crippen LogP contribution in [0.1, 0.15) is 18.9 Å². The average molecular weight is 275 g/mol. The molecular formula is C13H20F3N3. The number of nitrogens with two attached hydrogens (primary N) is 1. The molecule has 0 spiro atoms. The maximum atomic E-state index is 12.5. The first kappa shape index (κ1) is 15.6. The van der Waals surface area contributed by atoms with Crippen LogP contribution >= 0.6 is 0 Å². The lowest BCUT2D eigenvalue weighted by molar-refractivity contribution is -0.137. The van der Waals surface area contributed by atoms with Crippen LogP contribution in [0.25, 0.3) is 0 Å². The Morgan fingerprint density at radius 1 is 1.32 bits per heavy atom. The smallest absolute Gasteiger partial charge is 0.397 e. The van der Waals surface area contributed by atoms with Crippen LogP contribution < -0.4 is 11.1 Å². The molecule has 3 N–H and O–H groups in total. The number of nitrogen functional groups attached to an aromatic ring is 1. The van der Waals surface area contributed by atoms with Crippen molar-refractivity contribution in [3.8, 4) is 0 Å². The number of nitrogens with zero attached hydrogens (tertiary/aromatic N) is 1. The number of rotatable bonds is 5. The third kappa shape index (κ3) is 4.98. The van der Waals surface area contributed by atoms with Gasteiger partial charge in [0.05, 0.1) is 16.9 Å². The second-order valence-corrected chi connectivity index (χ2v) is 4.94. The van der Waals surface area contributed by atoms with Crippen molar-refractivity contribution in [3.05, 3.63) is 23.8 Å². The molecule has 0 saturated carbocycles. The average Bonchev–Trinajstić information content (AvgIpc) is 2.27. The number of anilines is 2. The summed E-state index contributed by atoms with van der Waals surface area (Å²) in [5.74, 6) is 0. The van der Waals surface area contributed by atoms with Crippen molar-refractivity contribution < 1.29 is 13.2 Å². The first-order valence-corrected chi connectivity index (χ1v) is 6.08. The molecule has 0 heterocycles. The highest BCUT2D eigenvalue weighted by molar-refractivity contribution is 5.67. The number of hydrogen-bond acceptors (Lipinski definition) is 3. The molecule has 1 unspecified atom stereocenters. The molecule has 0 saturated heterocycles. The number of hydrogen-bond donors (Lipinski definition) is 2. The van der Waals surface area contributed by atoms with Crippen molar-refractivity contribution in [1.82, 2.24) is 4.90 Å². The molecule has 0 bridgehead atoms. The van der Waals surface area contributed by atoms with E-state index < -0.39 is 11.7 Å². The topological polar surface area (TPSA) is 41.3 Å². The molecule has 0 aromatic heterocycles. The molecule has 108 valence electrons. The fourth-order valence-corrected chi connectivity index (χ4v) is 1.66. The van der Waals surface area contributed by atoms with Crippen LogP contribution in [-0.4, -0.2) is 31.6 Å². The first-order valence-electron chi connectivity index (χ1n) is 6.08. The zero-order chi connectivity index (χ0) is 14.6. The number of benzene rings is 1. The lowest BCUT2D eigenvalue weighted by Gasteiger charge is -2.19. The van der Waals surface area contributed by atoms with Crippen molar-refractivity contribution in [2.45, 2.75) is 25.6 Å². The van der Waals surface area contributed by atoms with Crippen LogP contribution in [0.5, 0.6) is 0 Å². The lowest BCUT2D eigenvalue weighted by Crippen LogP contribution is -2.23. The van der Waals surface area contributed by atoms with Crippen molar-refractivity contribution in [1.29, 1.82) is 0 Å². The van der Waals surface area contributed by atoms with E-state index in [1.54, 1.807) is 0 Å². The van der Waals surface area contributed by atoms with E-state index in [0.29, 0.717) is 5.69 Å². The van der Waals surface area contributed by atoms with Gasteiger partial charge in [-0.1, -0.05) is 0 Å². The number of nitrogens with one attached hydrogen (secondary N) is 1. The molecule has 3 nitrogen and oxygen atoms in total. The molecule has 0 fully saturated rings. The SMILES string of the molecule is CC(CCN(C)C)Nc1ccc(C(F)(F)F)cc1N. The molecule has 0 radical (unpaired) electrons. The van der Waals surface area contributed by atoms with Gasteiger partial charge >= 0.3 is 6.18 Å². The predicted octanol–water partition coefficient (Wildman–Crippen LogP) is 3.04. The minimum Gasteiger partial charge on any atom is -0.397 e. The normalized spacial score (nSPS) is 13.6. The van der Waals surface area contributed by atoms with Gasteiger partial charge in [-0.15, -0.1) is 0 Å². The summed E-state index contributed by atoms with van der Waals surface area (Å²) in [6, 6.07) is 3.52. The summed E-state index contributed by atoms with van der Waals surface area (Å²) in [7, 11) is 3.94. The van der Waals surface area contributed by atoms with E-state index in [1.165, 1.54) is 6.07 Å². The highest BCUT2D eigenvalue weighted by Gasteiger charge is 2.30. The zero-order valence-electron chi connectivity index (χ0n) is 11.4. The summed E-state index contributed by atoms with van der Waals surface area (Å²) in [6.07, 6.45) is -3.48. The number of halogens is 3. The van der Waals surface area contributed by atoms with Gasteiger partial charge < -0.3 is 16.0 Å². The Morgan fingerprint density at radius 3 is 2.42 bits per heavy atom. The predicted molar refractivity (Wildman–Crippen MR) is 72.1 cm³/mol. The van der Waals surface area contributed by atoms with Crippen molar-refractivity contribution in [2.24, 2.45) is 0 Å². The van der Waals surface area contributed by atoms with E-state index in [1.807, 2.05) is 25.9 Å². The van der Waals surface area contributed by atoms with Gasteiger partial charge in [0, 0.05) is 6.04 Å². The molecular weight excluding hydrogens is 255 g/mol. The quantitative estimate of drug-likeness (QED) is 0.812. The molecule has 0 amide bonds. The van der Waals surface area contributed by atoms with E-state index in [9.17, 15) is 13.2 Å². The largest absolute Gasteiger partial charge is 0.416 e. The van der Waals surface area contributed by atoms with Gasteiger partial charge in [-0.2, -0.15) is 13.2 Å². The summed E-state index contributed by atoms with van der Waals surface area (Å²) in [5.41, 5.74) is 5.58. The fourth-order valence-electron chi connectivity index (χ4n) is 1.66. The Bertz CT molecular complexity index is 416. The molecule has 0 aliphatic rings. The van der Waals surface area contributed by atoms with Crippen LogP contribution in [0, 0.1) is 0 Å². The van der Waals surface area contributed by atoms with E-state index in [2.05, 4.69) is 5.32 Å². The highest BCUT2D eigenvalue weighted by atomic mass is 19.4. The highest BCUT2D eigenvalue weighted by Crippen LogP contribution is 2.33. The molecule has 1 rings (SSSR count). The zero-order valence-corrected chi connectivity index (χ0v) is 11.4. The van der Waals surface area contributed by atoms with Gasteiger partial charge in [0.1, 0.15) is 0 Å². The Labute approximate surface area is 111 Å². The molecule has 0 aliphatic heterocycles. The summed E-state index contributed by atoms with van der Waals surface area (Å²) < 4.78 is 37.5. The Hall–Kier alpha value is -1.43. The van der Waals surface area contributed by atoms with Crippen LogP contribution in [0.2, 0.25) is 0 Å². The van der Waals surface area contributed by atoms with E-state index in [0.717, 1.165) is 25.1 Å². The van der Waals surface area contributed by atoms with Crippen molar-refractivity contribution in [2.75, 3.05) is 31.7 Å². The maximum absolute atomic E-state index is 12.5. The summed E-state index contributed by atoms with van der Waals surface area (Å²) in [6.45, 7) is 2.87. The Morgan fingerprint density at radius 2 is 1.95 bits per heavy atom. The molecule has 1 aromatic rings. The first-order chi connectivity index (χ1) is 8.70. The summed E-state index contributed by atoms with van der Waals surface area (Å²) in [5, 5.41) is 3.13. The monoisotopic (exact) mass is 275 g/mol. The molecule has 1 aromatic carbocycles. The minimum atomic E-state index is -4.36. The van der Waals surface area contributed by atoms with Gasteiger partial charge in [-0.05, 0) is 52.2 Å². The summed E-state index contributed by atoms with van der Waals surface area (Å²) in [4.78, 5) is 2.05. The molecule has 19 heavy (non-hydrogen) atoms. The third-order valence-corrected chi connectivity index (χ3v) is 2.79. The standard InChI is InChI=1S/C13H20F3N3/c1-9(6-7-19(2)3)18-12-5-4-10(8-11(12)17)13(14,15)16/h4-5,8-9,18H,6-7,17H2,1-3H3. The van der Waals surface area contributed by atoms with Gasteiger partial charge in [0.25, 0.3) is 0 Å². The van der Waals surface area contributed by atoms with Crippen molar-refractivity contribution >= 4 is 11.4 Å². The van der Waals surface area contributed by atoms with E-state index in [4.69, 9.17) is 5.73 Å². The van der Waals surface area contributed by atoms with Crippen LogP contribution in [0.3, 0.4) is 0 Å². The maximum Gasteiger partial charge on any atom is 0.416 e.